The number of rotatable bonds is 2. The van der Waals surface area contributed by atoms with Crippen molar-refractivity contribution in [2.75, 3.05) is 5.75 Å². The van der Waals surface area contributed by atoms with Gasteiger partial charge in [0.25, 0.3) is 0 Å². The number of ether oxygens (including phenoxy) is 1. The highest BCUT2D eigenvalue weighted by Crippen LogP contribution is 2.23. The van der Waals surface area contributed by atoms with Crippen molar-refractivity contribution >= 4 is 22.8 Å². The molecule has 1 aliphatic heterocycles. The molecule has 1 fully saturated rings. The third kappa shape index (κ3) is 2.39. The Morgan fingerprint density at radius 3 is 2.67 bits per heavy atom. The van der Waals surface area contributed by atoms with Gasteiger partial charge in [-0.3, -0.25) is 4.79 Å². The molecular weight excluding hydrogens is 212 g/mol. The lowest BCUT2D eigenvalue weighted by Gasteiger charge is -2.08. The number of carbonyl (C=O) groups excluding carboxylic acids is 2. The Balaban J connectivity index is 2.01. The van der Waals surface area contributed by atoms with E-state index >= 15 is 0 Å². The largest absolute Gasteiger partial charge is 0.450 e. The Hall–Kier alpha value is -1.29. The summed E-state index contributed by atoms with van der Waals surface area (Å²) < 4.78 is 5.10. The molecular formula is C11H10O3S. The van der Waals surface area contributed by atoms with E-state index in [0.717, 1.165) is 5.75 Å². The second kappa shape index (κ2) is 4.49. The minimum atomic E-state index is -0.553. The molecule has 15 heavy (non-hydrogen) atoms. The van der Waals surface area contributed by atoms with Crippen LogP contribution in [0.4, 0.5) is 0 Å². The molecule has 1 aliphatic rings. The van der Waals surface area contributed by atoms with Crippen LogP contribution in [0.3, 0.4) is 0 Å². The van der Waals surface area contributed by atoms with Crippen LogP contribution in [-0.4, -0.2) is 22.9 Å². The molecule has 0 bridgehead atoms. The SMILES string of the molecule is O=C(OC1CCSC1=O)c1ccccc1. The molecule has 0 saturated carbocycles. The molecule has 1 unspecified atom stereocenters. The lowest BCUT2D eigenvalue weighted by Crippen LogP contribution is -2.21. The molecule has 4 heteroatoms. The lowest BCUT2D eigenvalue weighted by molar-refractivity contribution is -0.118. The minimum Gasteiger partial charge on any atom is -0.450 e. The van der Waals surface area contributed by atoms with Crippen LogP contribution in [0.1, 0.15) is 16.8 Å². The number of benzene rings is 1. The maximum atomic E-state index is 11.6. The fourth-order valence-corrected chi connectivity index (χ4v) is 2.24. The van der Waals surface area contributed by atoms with Gasteiger partial charge >= 0.3 is 5.97 Å². The van der Waals surface area contributed by atoms with Crippen LogP contribution < -0.4 is 0 Å². The van der Waals surface area contributed by atoms with Gasteiger partial charge in [-0.2, -0.15) is 0 Å². The number of esters is 1. The van der Waals surface area contributed by atoms with E-state index in [2.05, 4.69) is 0 Å². The normalized spacial score (nSPS) is 20.3. The molecule has 0 amide bonds. The maximum Gasteiger partial charge on any atom is 0.338 e. The van der Waals surface area contributed by atoms with E-state index in [1.807, 2.05) is 6.07 Å². The predicted octanol–water partition coefficient (Wildman–Crippen LogP) is 1.88. The Morgan fingerprint density at radius 2 is 2.07 bits per heavy atom. The van der Waals surface area contributed by atoms with Crippen LogP contribution in [0, 0.1) is 0 Å². The first-order valence-corrected chi connectivity index (χ1v) is 5.68. The molecule has 0 aromatic heterocycles. The highest BCUT2D eigenvalue weighted by atomic mass is 32.2. The maximum absolute atomic E-state index is 11.6. The van der Waals surface area contributed by atoms with Crippen LogP contribution in [0.25, 0.3) is 0 Å². The van der Waals surface area contributed by atoms with Crippen molar-refractivity contribution < 1.29 is 14.3 Å². The van der Waals surface area contributed by atoms with Gasteiger partial charge in [-0.05, 0) is 12.1 Å². The van der Waals surface area contributed by atoms with E-state index in [0.29, 0.717) is 12.0 Å². The van der Waals surface area contributed by atoms with Gasteiger partial charge in [0.2, 0.25) is 5.12 Å². The van der Waals surface area contributed by atoms with Gasteiger partial charge in [0.1, 0.15) is 0 Å². The van der Waals surface area contributed by atoms with Gasteiger partial charge in [0.15, 0.2) is 6.10 Å². The topological polar surface area (TPSA) is 43.4 Å². The van der Waals surface area contributed by atoms with Crippen LogP contribution in [0.2, 0.25) is 0 Å². The van der Waals surface area contributed by atoms with Gasteiger partial charge in [-0.1, -0.05) is 30.0 Å². The first-order chi connectivity index (χ1) is 7.27. The molecule has 0 aliphatic carbocycles. The monoisotopic (exact) mass is 222 g/mol. The highest BCUT2D eigenvalue weighted by molar-refractivity contribution is 8.14. The molecule has 78 valence electrons. The van der Waals surface area contributed by atoms with E-state index in [4.69, 9.17) is 4.74 Å². The number of hydrogen-bond acceptors (Lipinski definition) is 4. The summed E-state index contributed by atoms with van der Waals surface area (Å²) in [6, 6.07) is 8.71. The Kier molecular flexibility index (Phi) is 3.06. The second-order valence-corrected chi connectivity index (χ2v) is 4.32. The summed E-state index contributed by atoms with van der Waals surface area (Å²) in [5, 5.41) is -0.0423. The van der Waals surface area contributed by atoms with E-state index < -0.39 is 12.1 Å². The van der Waals surface area contributed by atoms with Gasteiger partial charge in [-0.15, -0.1) is 0 Å². The summed E-state index contributed by atoms with van der Waals surface area (Å²) in [6.45, 7) is 0. The van der Waals surface area contributed by atoms with Crippen molar-refractivity contribution in [1.29, 1.82) is 0 Å². The third-order valence-electron chi connectivity index (χ3n) is 2.15. The molecule has 1 aromatic rings. The average Bonchev–Trinajstić information content (AvgIpc) is 2.66. The van der Waals surface area contributed by atoms with E-state index in [-0.39, 0.29) is 5.12 Å². The van der Waals surface area contributed by atoms with Crippen molar-refractivity contribution in [2.24, 2.45) is 0 Å². The quantitative estimate of drug-likeness (QED) is 0.716. The molecule has 0 N–H and O–H groups in total. The van der Waals surface area contributed by atoms with Crippen molar-refractivity contribution in [2.45, 2.75) is 12.5 Å². The summed E-state index contributed by atoms with van der Waals surface area (Å²) in [4.78, 5) is 22.8. The molecule has 1 aromatic carbocycles. The minimum absolute atomic E-state index is 0.0423. The van der Waals surface area contributed by atoms with Gasteiger partial charge in [0.05, 0.1) is 5.56 Å². The number of thioether (sulfide) groups is 1. The second-order valence-electron chi connectivity index (χ2n) is 3.22. The average molecular weight is 222 g/mol. The zero-order valence-corrected chi connectivity index (χ0v) is 8.83. The number of hydrogen-bond donors (Lipinski definition) is 0. The van der Waals surface area contributed by atoms with E-state index in [9.17, 15) is 9.59 Å². The van der Waals surface area contributed by atoms with Crippen LogP contribution >= 0.6 is 11.8 Å². The van der Waals surface area contributed by atoms with Crippen molar-refractivity contribution in [3.63, 3.8) is 0 Å². The lowest BCUT2D eigenvalue weighted by atomic mass is 10.2. The summed E-state index contributed by atoms with van der Waals surface area (Å²) in [7, 11) is 0. The first-order valence-electron chi connectivity index (χ1n) is 4.70. The number of carbonyl (C=O) groups is 2. The molecule has 1 atom stereocenters. The smallest absolute Gasteiger partial charge is 0.338 e. The van der Waals surface area contributed by atoms with E-state index in [1.54, 1.807) is 24.3 Å². The molecule has 1 saturated heterocycles. The summed E-state index contributed by atoms with van der Waals surface area (Å²) in [5.41, 5.74) is 0.488. The predicted molar refractivity (Wildman–Crippen MR) is 57.7 cm³/mol. The Bertz CT molecular complexity index is 375. The van der Waals surface area contributed by atoms with Crippen LogP contribution in [0.5, 0.6) is 0 Å². The molecule has 2 rings (SSSR count). The van der Waals surface area contributed by atoms with Gasteiger partial charge in [0, 0.05) is 12.2 Å². The summed E-state index contributed by atoms with van der Waals surface area (Å²) in [5.74, 6) is 0.322. The van der Waals surface area contributed by atoms with Crippen molar-refractivity contribution in [3.8, 4) is 0 Å². The fraction of sp³-hybridized carbons (Fsp3) is 0.273. The zero-order valence-electron chi connectivity index (χ0n) is 8.01. The summed E-state index contributed by atoms with van der Waals surface area (Å²) in [6.07, 6.45) is 0.0740. The molecule has 3 nitrogen and oxygen atoms in total. The third-order valence-corrected chi connectivity index (χ3v) is 3.13. The molecule has 0 radical (unpaired) electrons. The van der Waals surface area contributed by atoms with Gasteiger partial charge < -0.3 is 4.74 Å². The first kappa shape index (κ1) is 10.2. The van der Waals surface area contributed by atoms with Crippen molar-refractivity contribution in [1.82, 2.24) is 0 Å². The van der Waals surface area contributed by atoms with Crippen molar-refractivity contribution in [3.05, 3.63) is 35.9 Å². The zero-order chi connectivity index (χ0) is 10.7. The fourth-order valence-electron chi connectivity index (χ4n) is 1.36. The molecule has 1 heterocycles. The van der Waals surface area contributed by atoms with Crippen LogP contribution in [-0.2, 0) is 9.53 Å². The van der Waals surface area contributed by atoms with Gasteiger partial charge in [-0.25, -0.2) is 4.79 Å². The summed E-state index contributed by atoms with van der Waals surface area (Å²) >= 11 is 1.23. The van der Waals surface area contributed by atoms with E-state index in [1.165, 1.54) is 11.8 Å². The molecule has 0 spiro atoms. The Morgan fingerprint density at radius 1 is 1.33 bits per heavy atom. The van der Waals surface area contributed by atoms with Crippen LogP contribution in [0.15, 0.2) is 30.3 Å². The highest BCUT2D eigenvalue weighted by Gasteiger charge is 2.29. The Labute approximate surface area is 91.8 Å². The standard InChI is InChI=1S/C11H10O3S/c12-10(8-4-2-1-3-5-8)14-9-6-7-15-11(9)13/h1-5,9H,6-7H2.